The van der Waals surface area contributed by atoms with Crippen molar-refractivity contribution in [2.45, 2.75) is 391 Å². The number of hydrogen-bond donors (Lipinski definition) is 5. The summed E-state index contributed by atoms with van der Waals surface area (Å²) in [5.41, 5.74) is 0. The molecule has 5 N–H and O–H groups in total. The van der Waals surface area contributed by atoms with Gasteiger partial charge in [0.25, 0.3) is 0 Å². The van der Waals surface area contributed by atoms with Crippen molar-refractivity contribution in [3.63, 3.8) is 0 Å². The molecule has 0 fully saturated rings. The van der Waals surface area contributed by atoms with Crippen LogP contribution >= 0.6 is 0 Å². The summed E-state index contributed by atoms with van der Waals surface area (Å²) in [6.07, 6.45) is 77.2. The normalized spacial score (nSPS) is 13.7. The number of carbonyl (C=O) groups is 1. The van der Waals surface area contributed by atoms with Crippen molar-refractivity contribution in [1.29, 1.82) is 0 Å². The lowest BCUT2D eigenvalue weighted by Gasteiger charge is -2.27. The summed E-state index contributed by atoms with van der Waals surface area (Å²) in [4.78, 5) is 12.6. The Balaban J connectivity index is 3.58. The molecule has 0 aromatic rings. The van der Waals surface area contributed by atoms with Gasteiger partial charge in [0.1, 0.15) is 12.2 Å². The molecule has 0 radical (unpaired) electrons. The molecule has 0 heterocycles. The van der Waals surface area contributed by atoms with Crippen LogP contribution in [0, 0.1) is 0 Å². The van der Waals surface area contributed by atoms with E-state index in [1.165, 1.54) is 302 Å². The van der Waals surface area contributed by atoms with Crippen molar-refractivity contribution >= 4 is 5.91 Å². The second-order valence-corrected chi connectivity index (χ2v) is 23.2. The molecule has 4 atom stereocenters. The minimum Gasteiger partial charge on any atom is -0.394 e. The first kappa shape index (κ1) is 71.8. The Labute approximate surface area is 456 Å². The summed E-state index contributed by atoms with van der Waals surface area (Å²) in [6.45, 7) is 4.10. The van der Waals surface area contributed by atoms with Gasteiger partial charge in [0, 0.05) is 0 Å². The second-order valence-electron chi connectivity index (χ2n) is 23.2. The number of carbonyl (C=O) groups excluding carboxylic acids is 1. The standard InChI is InChI=1S/C67H131NO5/c1-3-5-7-9-11-13-15-17-19-21-23-25-27-29-31-32-33-35-36-38-40-42-44-46-48-50-52-54-56-58-60-64(70)66(72)63(62-69)68-67(73)65(71)61-59-57-55-53-51-49-47-45-43-41-39-37-34-30-28-26-24-22-20-18-16-14-12-10-8-6-4-2/h30,34,52,54,63-66,69-72H,3-29,31-33,35-51,53,55-62H2,1-2H3,(H,68,73)/b34-30-,54-52+. The van der Waals surface area contributed by atoms with E-state index in [4.69, 9.17) is 0 Å². The van der Waals surface area contributed by atoms with E-state index in [-0.39, 0.29) is 0 Å². The van der Waals surface area contributed by atoms with Crippen LogP contribution in [-0.4, -0.2) is 57.3 Å². The highest BCUT2D eigenvalue weighted by atomic mass is 16.3. The summed E-state index contributed by atoms with van der Waals surface area (Å²) < 4.78 is 0. The Morgan fingerprint density at radius 2 is 0.562 bits per heavy atom. The maximum Gasteiger partial charge on any atom is 0.249 e. The van der Waals surface area contributed by atoms with E-state index in [9.17, 15) is 25.2 Å². The molecule has 4 unspecified atom stereocenters. The van der Waals surface area contributed by atoms with Crippen molar-refractivity contribution in [2.75, 3.05) is 6.61 Å². The van der Waals surface area contributed by atoms with Crippen LogP contribution in [0.5, 0.6) is 0 Å². The Bertz CT molecular complexity index is 1110. The Morgan fingerprint density at radius 3 is 0.822 bits per heavy atom. The summed E-state index contributed by atoms with van der Waals surface area (Å²) in [5, 5.41) is 44.1. The van der Waals surface area contributed by atoms with Gasteiger partial charge in [0.2, 0.25) is 5.91 Å². The summed E-state index contributed by atoms with van der Waals surface area (Å²) in [7, 11) is 0. The second kappa shape index (κ2) is 61.6. The highest BCUT2D eigenvalue weighted by Gasteiger charge is 2.28. The maximum absolute atomic E-state index is 12.6. The van der Waals surface area contributed by atoms with Crippen molar-refractivity contribution in [1.82, 2.24) is 5.32 Å². The van der Waals surface area contributed by atoms with Gasteiger partial charge in [-0.3, -0.25) is 4.79 Å². The monoisotopic (exact) mass is 1030 g/mol. The third-order valence-corrected chi connectivity index (χ3v) is 15.9. The van der Waals surface area contributed by atoms with Gasteiger partial charge in [-0.25, -0.2) is 0 Å². The largest absolute Gasteiger partial charge is 0.394 e. The highest BCUT2D eigenvalue weighted by molar-refractivity contribution is 5.80. The molecule has 73 heavy (non-hydrogen) atoms. The van der Waals surface area contributed by atoms with Crippen LogP contribution in [0.25, 0.3) is 0 Å². The van der Waals surface area contributed by atoms with Crippen molar-refractivity contribution in [3.8, 4) is 0 Å². The third kappa shape index (κ3) is 55.4. The maximum atomic E-state index is 12.6. The fourth-order valence-corrected chi connectivity index (χ4v) is 10.7. The van der Waals surface area contributed by atoms with Gasteiger partial charge in [-0.05, 0) is 64.2 Å². The molecule has 1 amide bonds. The molecule has 0 rings (SSSR count). The summed E-state index contributed by atoms with van der Waals surface area (Å²) in [6, 6.07) is -1.00. The molecule has 0 saturated heterocycles. The van der Waals surface area contributed by atoms with Crippen LogP contribution in [0.3, 0.4) is 0 Å². The van der Waals surface area contributed by atoms with Crippen LogP contribution in [0.15, 0.2) is 24.3 Å². The van der Waals surface area contributed by atoms with E-state index in [2.05, 4.69) is 43.5 Å². The minimum atomic E-state index is -1.28. The number of amides is 1. The molecule has 0 aliphatic heterocycles. The van der Waals surface area contributed by atoms with Gasteiger partial charge >= 0.3 is 0 Å². The molecular weight excluding hydrogens is 899 g/mol. The Hall–Kier alpha value is -1.21. The SMILES string of the molecule is CCCCCCCCCCCCCC/C=C\CCCCCCCCCCCCCC(O)C(=O)NC(CO)C(O)C(O)CCC/C=C/CCCCCCCCCCCCCCCCCCCCCCCCCCC. The Kier molecular flexibility index (Phi) is 60.6. The van der Waals surface area contributed by atoms with Gasteiger partial charge in [-0.2, -0.15) is 0 Å². The van der Waals surface area contributed by atoms with E-state index in [0.29, 0.717) is 12.8 Å². The van der Waals surface area contributed by atoms with Crippen molar-refractivity contribution < 1.29 is 25.2 Å². The number of allylic oxidation sites excluding steroid dienone is 4. The highest BCUT2D eigenvalue weighted by Crippen LogP contribution is 2.19. The zero-order valence-electron chi connectivity index (χ0n) is 49.4. The van der Waals surface area contributed by atoms with Crippen molar-refractivity contribution in [3.05, 3.63) is 24.3 Å². The molecule has 0 bridgehead atoms. The zero-order valence-corrected chi connectivity index (χ0v) is 49.4. The molecule has 6 nitrogen and oxygen atoms in total. The van der Waals surface area contributed by atoms with Gasteiger partial charge in [0.15, 0.2) is 0 Å². The number of nitrogens with one attached hydrogen (secondary N) is 1. The fourth-order valence-electron chi connectivity index (χ4n) is 10.7. The van der Waals surface area contributed by atoms with Crippen LogP contribution in [0.2, 0.25) is 0 Å². The first-order valence-electron chi connectivity index (χ1n) is 33.2. The molecule has 0 aromatic carbocycles. The molecule has 0 aliphatic rings. The van der Waals surface area contributed by atoms with Crippen LogP contribution in [-0.2, 0) is 4.79 Å². The molecule has 0 spiro atoms. The average Bonchev–Trinajstić information content (AvgIpc) is 3.40. The minimum absolute atomic E-state index is 0.364. The van der Waals surface area contributed by atoms with Gasteiger partial charge in [-0.1, -0.05) is 327 Å². The van der Waals surface area contributed by atoms with Gasteiger partial charge < -0.3 is 25.7 Å². The number of unbranched alkanes of at least 4 members (excludes halogenated alkanes) is 49. The Morgan fingerprint density at radius 1 is 0.329 bits per heavy atom. The van der Waals surface area contributed by atoms with E-state index < -0.39 is 36.9 Å². The fraction of sp³-hybridized carbons (Fsp3) is 0.925. The molecule has 0 saturated carbocycles. The first-order chi connectivity index (χ1) is 36.0. The number of rotatable bonds is 62. The number of aliphatic hydroxyl groups excluding tert-OH is 4. The predicted molar refractivity (Wildman–Crippen MR) is 321 cm³/mol. The zero-order chi connectivity index (χ0) is 53.0. The smallest absolute Gasteiger partial charge is 0.249 e. The van der Waals surface area contributed by atoms with E-state index in [1.54, 1.807) is 0 Å². The molecule has 0 aromatic heterocycles. The van der Waals surface area contributed by atoms with E-state index >= 15 is 0 Å². The lowest BCUT2D eigenvalue weighted by molar-refractivity contribution is -0.132. The lowest BCUT2D eigenvalue weighted by atomic mass is 10.00. The summed E-state index contributed by atoms with van der Waals surface area (Å²) >= 11 is 0. The molecule has 0 aliphatic carbocycles. The van der Waals surface area contributed by atoms with Crippen LogP contribution in [0.4, 0.5) is 0 Å². The lowest BCUT2D eigenvalue weighted by Crippen LogP contribution is -2.53. The van der Waals surface area contributed by atoms with Gasteiger partial charge in [-0.15, -0.1) is 0 Å². The number of aliphatic hydroxyl groups is 4. The topological polar surface area (TPSA) is 110 Å². The van der Waals surface area contributed by atoms with E-state index in [1.807, 2.05) is 0 Å². The molecule has 6 heteroatoms. The van der Waals surface area contributed by atoms with Crippen molar-refractivity contribution in [2.24, 2.45) is 0 Å². The quantitative estimate of drug-likeness (QED) is 0.0308. The van der Waals surface area contributed by atoms with Crippen LogP contribution in [0.1, 0.15) is 367 Å². The summed E-state index contributed by atoms with van der Waals surface area (Å²) in [5.74, 6) is -0.588. The number of hydrogen-bond acceptors (Lipinski definition) is 5. The first-order valence-corrected chi connectivity index (χ1v) is 33.2. The molecular formula is C67H131NO5. The van der Waals surface area contributed by atoms with Crippen LogP contribution < -0.4 is 5.32 Å². The van der Waals surface area contributed by atoms with E-state index in [0.717, 1.165) is 38.5 Å². The molecule has 434 valence electrons. The third-order valence-electron chi connectivity index (χ3n) is 15.9. The average molecular weight is 1030 g/mol. The predicted octanol–water partition coefficient (Wildman–Crippen LogP) is 20.2. The van der Waals surface area contributed by atoms with Gasteiger partial charge in [0.05, 0.1) is 18.8 Å².